The van der Waals surface area contributed by atoms with E-state index in [9.17, 15) is 9.59 Å². The molecule has 0 aromatic carbocycles. The highest BCUT2D eigenvalue weighted by Gasteiger charge is 2.24. The van der Waals surface area contributed by atoms with Crippen molar-refractivity contribution in [3.05, 3.63) is 12.2 Å². The van der Waals surface area contributed by atoms with Crippen LogP contribution in [0, 0.1) is 5.92 Å². The molecule has 0 saturated heterocycles. The van der Waals surface area contributed by atoms with Crippen LogP contribution in [0.4, 0.5) is 0 Å². The maximum absolute atomic E-state index is 13.1. The molecule has 320 valence electrons. The molecule has 1 unspecified atom stereocenters. The van der Waals surface area contributed by atoms with Gasteiger partial charge >= 0.3 is 11.9 Å². The lowest BCUT2D eigenvalue weighted by atomic mass is 9.97. The summed E-state index contributed by atoms with van der Waals surface area (Å²) in [6.45, 7) is 7.78. The van der Waals surface area contributed by atoms with Gasteiger partial charge in [-0.25, -0.2) is 0 Å². The van der Waals surface area contributed by atoms with Crippen molar-refractivity contribution in [2.24, 2.45) is 5.92 Å². The van der Waals surface area contributed by atoms with Gasteiger partial charge in [0, 0.05) is 0 Å². The Hall–Kier alpha value is -1.32. The van der Waals surface area contributed by atoms with Gasteiger partial charge in [-0.1, -0.05) is 238 Å². The molecule has 54 heavy (non-hydrogen) atoms. The predicted molar refractivity (Wildman–Crippen MR) is 236 cm³/mol. The molecule has 0 heterocycles. The van der Waals surface area contributed by atoms with Crippen molar-refractivity contribution >= 4 is 11.9 Å². The van der Waals surface area contributed by atoms with Crippen LogP contribution in [0.3, 0.4) is 0 Å². The number of ether oxygens (including phenoxy) is 2. The fourth-order valence-corrected chi connectivity index (χ4v) is 7.56. The molecule has 0 radical (unpaired) electrons. The van der Waals surface area contributed by atoms with Crippen molar-refractivity contribution < 1.29 is 19.1 Å². The van der Waals surface area contributed by atoms with E-state index in [0.29, 0.717) is 13.2 Å². The Morgan fingerprint density at radius 1 is 0.370 bits per heavy atom. The maximum atomic E-state index is 13.1. The minimum atomic E-state index is -0.372. The van der Waals surface area contributed by atoms with Crippen LogP contribution in [0.1, 0.15) is 278 Å². The Morgan fingerprint density at radius 3 is 1.04 bits per heavy atom. The minimum absolute atomic E-state index is 0.164. The summed E-state index contributed by atoms with van der Waals surface area (Å²) < 4.78 is 11.3. The average molecular weight is 761 g/mol. The Labute approximate surface area is 338 Å². The van der Waals surface area contributed by atoms with Crippen molar-refractivity contribution in [3.8, 4) is 0 Å². The first kappa shape index (κ1) is 52.7. The molecule has 0 bridgehead atoms. The topological polar surface area (TPSA) is 52.6 Å². The molecule has 0 saturated carbocycles. The van der Waals surface area contributed by atoms with Gasteiger partial charge in [0.05, 0.1) is 25.6 Å². The van der Waals surface area contributed by atoms with Crippen LogP contribution in [0.2, 0.25) is 0 Å². The Balaban J connectivity index is 4.23. The zero-order valence-corrected chi connectivity index (χ0v) is 37.1. The lowest BCUT2D eigenvalue weighted by Crippen LogP contribution is -2.23. The van der Waals surface area contributed by atoms with Gasteiger partial charge in [0.25, 0.3) is 0 Å². The molecule has 0 amide bonds. The average Bonchev–Trinajstić information content (AvgIpc) is 3.17. The van der Waals surface area contributed by atoms with Crippen LogP contribution in [-0.4, -0.2) is 25.2 Å². The van der Waals surface area contributed by atoms with Crippen molar-refractivity contribution in [3.63, 3.8) is 0 Å². The summed E-state index contributed by atoms with van der Waals surface area (Å²) in [6, 6.07) is 0. The van der Waals surface area contributed by atoms with E-state index >= 15 is 0 Å². The second-order valence-corrected chi connectivity index (χ2v) is 16.8. The Morgan fingerprint density at radius 2 is 0.667 bits per heavy atom. The van der Waals surface area contributed by atoms with Gasteiger partial charge in [0.1, 0.15) is 0 Å². The van der Waals surface area contributed by atoms with E-state index < -0.39 is 0 Å². The molecule has 0 aromatic rings. The zero-order valence-electron chi connectivity index (χ0n) is 37.1. The Kier molecular flexibility index (Phi) is 44.9. The first-order valence-electron chi connectivity index (χ1n) is 24.6. The molecule has 1 atom stereocenters. The monoisotopic (exact) mass is 761 g/mol. The molecule has 0 aromatic heterocycles. The van der Waals surface area contributed by atoms with E-state index in [1.165, 1.54) is 199 Å². The second-order valence-electron chi connectivity index (χ2n) is 16.8. The van der Waals surface area contributed by atoms with Crippen LogP contribution in [0.5, 0.6) is 0 Å². The third-order valence-electron chi connectivity index (χ3n) is 11.3. The summed E-state index contributed by atoms with van der Waals surface area (Å²) in [5.74, 6) is -0.793. The Bertz CT molecular complexity index is 777. The van der Waals surface area contributed by atoms with Gasteiger partial charge in [-0.15, -0.1) is 0 Å². The molecule has 4 heteroatoms. The zero-order chi connectivity index (χ0) is 39.3. The highest BCUT2D eigenvalue weighted by molar-refractivity contribution is 5.79. The number of rotatable bonds is 45. The smallest absolute Gasteiger partial charge is 0.309 e. The molecular formula is C50H96O4. The number of carbonyl (C=O) groups excluding carboxylic acids is 2. The molecule has 0 spiro atoms. The van der Waals surface area contributed by atoms with Crippen molar-refractivity contribution in [2.75, 3.05) is 13.2 Å². The van der Waals surface area contributed by atoms with Crippen LogP contribution in [-0.2, 0) is 19.1 Å². The van der Waals surface area contributed by atoms with E-state index in [2.05, 4.69) is 32.9 Å². The lowest BCUT2D eigenvalue weighted by molar-refractivity contribution is -0.155. The number of esters is 2. The van der Waals surface area contributed by atoms with Crippen molar-refractivity contribution in [1.82, 2.24) is 0 Å². The fraction of sp³-hybridized carbons (Fsp3) is 0.920. The molecule has 0 aliphatic rings. The largest absolute Gasteiger partial charge is 0.466 e. The quantitative estimate of drug-likeness (QED) is 0.0352. The van der Waals surface area contributed by atoms with E-state index in [1.807, 2.05) is 0 Å². The SMILES string of the molecule is CCCCCCCCCCCC/C=C/CCCCCCC(CC(=O)OCCCCCCCCCCCCC)C(=O)OCCCCCCCCCCCCC. The normalized spacial score (nSPS) is 12.1. The van der Waals surface area contributed by atoms with E-state index in [-0.39, 0.29) is 24.3 Å². The van der Waals surface area contributed by atoms with E-state index in [1.54, 1.807) is 0 Å². The van der Waals surface area contributed by atoms with Gasteiger partial charge in [0.15, 0.2) is 0 Å². The molecule has 0 N–H and O–H groups in total. The van der Waals surface area contributed by atoms with Gasteiger partial charge < -0.3 is 9.47 Å². The molecule has 0 fully saturated rings. The summed E-state index contributed by atoms with van der Waals surface area (Å²) >= 11 is 0. The standard InChI is InChI=1S/C50H96O4/c1-4-7-10-13-16-19-22-23-24-25-26-27-28-29-32-35-38-41-44-48(50(52)54-46-43-40-37-34-31-21-18-15-12-9-6-3)47-49(51)53-45-42-39-36-33-30-20-17-14-11-8-5-2/h27-28,48H,4-26,29-47H2,1-3H3/b28-27+. The van der Waals surface area contributed by atoms with Gasteiger partial charge in [-0.05, 0) is 44.9 Å². The van der Waals surface area contributed by atoms with Crippen LogP contribution >= 0.6 is 0 Å². The summed E-state index contributed by atoms with van der Waals surface area (Å²) in [7, 11) is 0. The number of allylic oxidation sites excluding steroid dienone is 2. The summed E-state index contributed by atoms with van der Waals surface area (Å²) in [4.78, 5) is 25.9. The molecule has 4 nitrogen and oxygen atoms in total. The summed E-state index contributed by atoms with van der Waals surface area (Å²) in [5.41, 5.74) is 0. The first-order chi connectivity index (χ1) is 26.7. The maximum Gasteiger partial charge on any atom is 0.309 e. The number of hydrogen-bond acceptors (Lipinski definition) is 4. The number of hydrogen-bond donors (Lipinski definition) is 0. The highest BCUT2D eigenvalue weighted by atomic mass is 16.5. The fourth-order valence-electron chi connectivity index (χ4n) is 7.56. The van der Waals surface area contributed by atoms with Crippen LogP contribution in [0.15, 0.2) is 12.2 Å². The predicted octanol–water partition coefficient (Wildman–Crippen LogP) is 16.9. The van der Waals surface area contributed by atoms with Gasteiger partial charge in [0.2, 0.25) is 0 Å². The van der Waals surface area contributed by atoms with Crippen molar-refractivity contribution in [1.29, 1.82) is 0 Å². The minimum Gasteiger partial charge on any atom is -0.466 e. The van der Waals surface area contributed by atoms with E-state index in [4.69, 9.17) is 9.47 Å². The second kappa shape index (κ2) is 46.1. The third-order valence-corrected chi connectivity index (χ3v) is 11.3. The van der Waals surface area contributed by atoms with Crippen LogP contribution in [0.25, 0.3) is 0 Å². The van der Waals surface area contributed by atoms with Crippen LogP contribution < -0.4 is 0 Å². The van der Waals surface area contributed by atoms with Gasteiger partial charge in [-0.2, -0.15) is 0 Å². The first-order valence-corrected chi connectivity index (χ1v) is 24.6. The summed E-state index contributed by atoms with van der Waals surface area (Å²) in [6.07, 6.45) is 54.5. The van der Waals surface area contributed by atoms with Crippen molar-refractivity contribution in [2.45, 2.75) is 278 Å². The number of carbonyl (C=O) groups is 2. The summed E-state index contributed by atoms with van der Waals surface area (Å²) in [5, 5.41) is 0. The molecule has 0 aliphatic heterocycles. The molecule has 0 rings (SSSR count). The van der Waals surface area contributed by atoms with E-state index in [0.717, 1.165) is 51.4 Å². The molecule has 0 aliphatic carbocycles. The van der Waals surface area contributed by atoms with Gasteiger partial charge in [-0.3, -0.25) is 9.59 Å². The lowest BCUT2D eigenvalue weighted by Gasteiger charge is -2.16. The highest BCUT2D eigenvalue weighted by Crippen LogP contribution is 2.20. The number of unbranched alkanes of at least 4 members (excludes halogenated alkanes) is 34. The third kappa shape index (κ3) is 41.8. The molecular weight excluding hydrogens is 665 g/mol.